The Balaban J connectivity index is 1.46. The Morgan fingerprint density at radius 1 is 1.11 bits per heavy atom. The molecular weight excluding hydrogens is 474 g/mol. The van der Waals surface area contributed by atoms with E-state index in [-0.39, 0.29) is 28.9 Å². The summed E-state index contributed by atoms with van der Waals surface area (Å²) in [7, 11) is 1.50. The molecule has 37 heavy (non-hydrogen) atoms. The number of nitrogens with zero attached hydrogens (tertiary/aromatic N) is 4. The molecule has 5 rings (SSSR count). The van der Waals surface area contributed by atoms with Gasteiger partial charge in [0, 0.05) is 42.4 Å². The molecule has 192 valence electrons. The molecule has 1 saturated heterocycles. The van der Waals surface area contributed by atoms with Gasteiger partial charge in [-0.3, -0.25) is 9.59 Å². The summed E-state index contributed by atoms with van der Waals surface area (Å²) < 4.78 is 33.4. The molecule has 3 aromatic rings. The van der Waals surface area contributed by atoms with Crippen molar-refractivity contribution in [3.63, 3.8) is 0 Å². The van der Waals surface area contributed by atoms with Crippen molar-refractivity contribution in [2.75, 3.05) is 55.9 Å². The van der Waals surface area contributed by atoms with Crippen molar-refractivity contribution in [3.05, 3.63) is 48.4 Å². The molecule has 1 aliphatic carbocycles. The second-order valence-electron chi connectivity index (χ2n) is 8.71. The SMILES string of the molecule is [2H]C([2H])([2H])NC(=O)c1cnc(NC(=O)C2CC2)cc1Nc1cccc(-c2ncc(N3CCOCC3)cn2)c1OC. The maximum Gasteiger partial charge on any atom is 0.254 e. The minimum Gasteiger partial charge on any atom is -0.494 e. The van der Waals surface area contributed by atoms with Crippen LogP contribution in [0.25, 0.3) is 11.4 Å². The third kappa shape index (κ3) is 5.46. The lowest BCUT2D eigenvalue weighted by Gasteiger charge is -2.28. The molecule has 0 radical (unpaired) electrons. The number of carbonyl (C=O) groups excluding carboxylic acids is 2. The zero-order valence-electron chi connectivity index (χ0n) is 23.3. The third-order valence-corrected chi connectivity index (χ3v) is 6.21. The molecule has 3 heterocycles. The van der Waals surface area contributed by atoms with E-state index in [4.69, 9.17) is 13.6 Å². The molecule has 0 spiro atoms. The smallest absolute Gasteiger partial charge is 0.254 e. The summed E-state index contributed by atoms with van der Waals surface area (Å²) in [5, 5.41) is 7.88. The van der Waals surface area contributed by atoms with Gasteiger partial charge in [0.2, 0.25) is 5.91 Å². The molecule has 0 atom stereocenters. The molecule has 2 amide bonds. The van der Waals surface area contributed by atoms with Crippen molar-refractivity contribution >= 4 is 34.7 Å². The summed E-state index contributed by atoms with van der Waals surface area (Å²) in [6.07, 6.45) is 6.35. The highest BCUT2D eigenvalue weighted by molar-refractivity contribution is 6.01. The van der Waals surface area contributed by atoms with Gasteiger partial charge in [-0.2, -0.15) is 0 Å². The van der Waals surface area contributed by atoms with Gasteiger partial charge in [0.1, 0.15) is 5.82 Å². The number of hydrogen-bond donors (Lipinski definition) is 3. The standard InChI is InChI=1S/C26H29N7O4/c1-27-26(35)19-15-28-22(32-25(34)16-6-7-16)12-21(19)31-20-5-3-4-18(23(20)36-2)24-29-13-17(14-30-24)33-8-10-37-11-9-33/h3-5,12-16H,6-11H2,1-2H3,(H,27,35)(H2,28,31,32,34)/i1D3. The maximum atomic E-state index is 12.8. The molecule has 11 nitrogen and oxygen atoms in total. The first-order valence-electron chi connectivity index (χ1n) is 13.4. The average molecular weight is 507 g/mol. The van der Waals surface area contributed by atoms with Gasteiger partial charge < -0.3 is 30.3 Å². The first kappa shape index (κ1) is 20.9. The highest BCUT2D eigenvalue weighted by atomic mass is 16.5. The number of benzene rings is 1. The number of carbonyl (C=O) groups is 2. The van der Waals surface area contributed by atoms with Crippen LogP contribution in [0.4, 0.5) is 22.9 Å². The first-order valence-corrected chi connectivity index (χ1v) is 11.9. The topological polar surface area (TPSA) is 131 Å². The predicted molar refractivity (Wildman–Crippen MR) is 139 cm³/mol. The van der Waals surface area contributed by atoms with E-state index in [1.807, 2.05) is 11.4 Å². The molecule has 11 heteroatoms. The fraction of sp³-hybridized carbons (Fsp3) is 0.346. The minimum atomic E-state index is -2.70. The number of ether oxygens (including phenoxy) is 2. The van der Waals surface area contributed by atoms with E-state index in [2.05, 4.69) is 30.5 Å². The highest BCUT2D eigenvalue weighted by Crippen LogP contribution is 2.38. The molecule has 2 fully saturated rings. The lowest BCUT2D eigenvalue weighted by molar-refractivity contribution is -0.117. The van der Waals surface area contributed by atoms with Crippen LogP contribution >= 0.6 is 0 Å². The van der Waals surface area contributed by atoms with Gasteiger partial charge >= 0.3 is 0 Å². The summed E-state index contributed by atoms with van der Waals surface area (Å²) in [6, 6.07) is 6.80. The van der Waals surface area contributed by atoms with E-state index in [0.717, 1.165) is 31.6 Å². The van der Waals surface area contributed by atoms with Crippen molar-refractivity contribution in [2.24, 2.45) is 5.92 Å². The number of pyridine rings is 1. The second kappa shape index (κ2) is 10.8. The van der Waals surface area contributed by atoms with E-state index in [1.54, 1.807) is 24.5 Å². The lowest BCUT2D eigenvalue weighted by atomic mass is 10.1. The van der Waals surface area contributed by atoms with Gasteiger partial charge in [-0.05, 0) is 25.0 Å². The number of hydrogen-bond acceptors (Lipinski definition) is 9. The van der Waals surface area contributed by atoms with Crippen LogP contribution in [0.2, 0.25) is 0 Å². The normalized spacial score (nSPS) is 16.7. The Labute approximate surface area is 218 Å². The molecule has 1 aromatic carbocycles. The summed E-state index contributed by atoms with van der Waals surface area (Å²) in [4.78, 5) is 40.5. The molecule has 3 N–H and O–H groups in total. The molecule has 2 aromatic heterocycles. The average Bonchev–Trinajstić information content (AvgIpc) is 3.79. The number of methoxy groups -OCH3 is 1. The van der Waals surface area contributed by atoms with Crippen LogP contribution < -0.4 is 25.6 Å². The quantitative estimate of drug-likeness (QED) is 0.422. The number of rotatable bonds is 8. The minimum absolute atomic E-state index is 0.0286. The van der Waals surface area contributed by atoms with E-state index in [1.165, 1.54) is 19.4 Å². The van der Waals surface area contributed by atoms with E-state index in [9.17, 15) is 9.59 Å². The Morgan fingerprint density at radius 3 is 2.59 bits per heavy atom. The van der Waals surface area contributed by atoms with Gasteiger partial charge in [0.25, 0.3) is 5.91 Å². The van der Waals surface area contributed by atoms with E-state index in [0.29, 0.717) is 36.0 Å². The summed E-state index contributed by atoms with van der Waals surface area (Å²) in [5.41, 5.74) is 2.16. The van der Waals surface area contributed by atoms with Gasteiger partial charge in [-0.25, -0.2) is 15.0 Å². The van der Waals surface area contributed by atoms with Crippen LogP contribution in [0.15, 0.2) is 42.9 Å². The van der Waals surface area contributed by atoms with Crippen molar-refractivity contribution in [2.45, 2.75) is 12.8 Å². The van der Waals surface area contributed by atoms with Crippen LogP contribution in [0.1, 0.15) is 27.3 Å². The Hall–Kier alpha value is -4.25. The molecule has 1 saturated carbocycles. The number of morpholine rings is 1. The fourth-order valence-electron chi connectivity index (χ4n) is 4.07. The van der Waals surface area contributed by atoms with Crippen molar-refractivity contribution in [1.82, 2.24) is 20.3 Å². The highest BCUT2D eigenvalue weighted by Gasteiger charge is 2.30. The van der Waals surface area contributed by atoms with Gasteiger partial charge in [0.05, 0.1) is 60.9 Å². The van der Waals surface area contributed by atoms with Gasteiger partial charge in [0.15, 0.2) is 11.6 Å². The van der Waals surface area contributed by atoms with Crippen molar-refractivity contribution in [3.8, 4) is 17.1 Å². The van der Waals surface area contributed by atoms with Crippen LogP contribution in [-0.4, -0.2) is 67.2 Å². The summed E-state index contributed by atoms with van der Waals surface area (Å²) in [6.45, 7) is 0.124. The first-order chi connectivity index (χ1) is 19.2. The Morgan fingerprint density at radius 2 is 1.89 bits per heavy atom. The van der Waals surface area contributed by atoms with E-state index < -0.39 is 12.9 Å². The molecule has 2 aliphatic rings. The van der Waals surface area contributed by atoms with E-state index >= 15 is 0 Å². The number of para-hydroxylation sites is 1. The lowest BCUT2D eigenvalue weighted by Crippen LogP contribution is -2.36. The second-order valence-corrected chi connectivity index (χ2v) is 8.71. The Kier molecular flexibility index (Phi) is 6.09. The number of anilines is 4. The molecule has 1 aliphatic heterocycles. The van der Waals surface area contributed by atoms with Crippen LogP contribution in [0, 0.1) is 5.92 Å². The van der Waals surface area contributed by atoms with Crippen molar-refractivity contribution < 1.29 is 23.2 Å². The summed E-state index contributed by atoms with van der Waals surface area (Å²) in [5.74, 6) is 0.00180. The van der Waals surface area contributed by atoms with Crippen LogP contribution in [-0.2, 0) is 9.53 Å². The largest absolute Gasteiger partial charge is 0.494 e. The zero-order valence-corrected chi connectivity index (χ0v) is 20.3. The predicted octanol–water partition coefficient (Wildman–Crippen LogP) is 2.84. The van der Waals surface area contributed by atoms with Gasteiger partial charge in [-0.1, -0.05) is 6.07 Å². The number of nitrogens with one attached hydrogen (secondary N) is 3. The molecular formula is C26H29N7O4. The van der Waals surface area contributed by atoms with Gasteiger partial charge in [-0.15, -0.1) is 0 Å². The fourth-order valence-corrected chi connectivity index (χ4v) is 4.07. The third-order valence-electron chi connectivity index (χ3n) is 6.21. The monoisotopic (exact) mass is 506 g/mol. The number of amides is 2. The molecule has 0 unspecified atom stereocenters. The zero-order chi connectivity index (χ0) is 28.3. The molecule has 0 bridgehead atoms. The van der Waals surface area contributed by atoms with Crippen LogP contribution in [0.3, 0.4) is 0 Å². The Bertz CT molecular complexity index is 1390. The van der Waals surface area contributed by atoms with Crippen LogP contribution in [0.5, 0.6) is 5.75 Å². The summed E-state index contributed by atoms with van der Waals surface area (Å²) >= 11 is 0. The number of aromatic nitrogens is 3. The maximum absolute atomic E-state index is 12.8. The van der Waals surface area contributed by atoms with Crippen molar-refractivity contribution in [1.29, 1.82) is 0 Å².